The van der Waals surface area contributed by atoms with Crippen LogP contribution in [0.25, 0.3) is 48.9 Å². The van der Waals surface area contributed by atoms with E-state index < -0.39 is 0 Å². The summed E-state index contributed by atoms with van der Waals surface area (Å²) in [6, 6.07) is 21.1. The molecule has 17 heteroatoms. The number of guanidine groups is 1. The molecule has 0 fully saturated rings. The topological polar surface area (TPSA) is 287 Å². The van der Waals surface area contributed by atoms with Crippen molar-refractivity contribution in [1.29, 1.82) is 15.8 Å². The third-order valence-electron chi connectivity index (χ3n) is 6.08. The first kappa shape index (κ1) is 37.0. The second-order valence-corrected chi connectivity index (χ2v) is 8.99. The Labute approximate surface area is 296 Å². The van der Waals surface area contributed by atoms with E-state index in [1.54, 1.807) is 12.4 Å². The molecular formula is C30H27ClN15Na. The first-order valence-electron chi connectivity index (χ1n) is 13.0. The number of aromatic nitrogens is 5. The van der Waals surface area contributed by atoms with E-state index in [1.165, 1.54) is 17.8 Å². The number of nitrogen functional groups attached to an aromatic ring is 3. The number of H-pyrrole nitrogens is 3. The minimum atomic E-state index is 0. The summed E-state index contributed by atoms with van der Waals surface area (Å²) in [7, 11) is 0. The Morgan fingerprint density at radius 1 is 0.830 bits per heavy atom. The number of nitrogens with two attached hydrogens (primary N) is 4. The van der Waals surface area contributed by atoms with Crippen LogP contribution < -0.4 is 57.8 Å². The van der Waals surface area contributed by atoms with Crippen LogP contribution in [-0.4, -0.2) is 30.9 Å². The van der Waals surface area contributed by atoms with Crippen LogP contribution in [0.3, 0.4) is 0 Å². The van der Waals surface area contributed by atoms with Crippen LogP contribution in [0, 0.1) is 34.4 Å². The van der Waals surface area contributed by atoms with Gasteiger partial charge in [-0.15, -0.1) is 12.4 Å². The molecule has 0 saturated carbocycles. The molecule has 0 bridgehead atoms. The molecule has 12 N–H and O–H groups in total. The molecule has 230 valence electrons. The smallest absolute Gasteiger partial charge is 0.399 e. The van der Waals surface area contributed by atoms with E-state index in [0.29, 0.717) is 17.5 Å². The zero-order valence-electron chi connectivity index (χ0n) is 24.9. The molecule has 0 saturated heterocycles. The molecule has 4 aromatic heterocycles. The molecular weight excluding hydrogens is 629 g/mol. The Bertz CT molecular complexity index is 2220. The van der Waals surface area contributed by atoms with Crippen LogP contribution in [-0.2, 0) is 0 Å². The van der Waals surface area contributed by atoms with Gasteiger partial charge in [0.15, 0.2) is 12.1 Å². The molecule has 4 heterocycles. The molecule has 0 atom stereocenters. The fourth-order valence-corrected chi connectivity index (χ4v) is 4.24. The maximum Gasteiger partial charge on any atom is 1.00 e. The molecule has 47 heavy (non-hydrogen) atoms. The normalized spacial score (nSPS) is 9.77. The summed E-state index contributed by atoms with van der Waals surface area (Å²) in [6.07, 6.45) is 9.78. The summed E-state index contributed by atoms with van der Waals surface area (Å²) in [5.41, 5.74) is 27.9. The third-order valence-corrected chi connectivity index (χ3v) is 6.08. The van der Waals surface area contributed by atoms with Crippen molar-refractivity contribution < 1.29 is 29.6 Å². The van der Waals surface area contributed by atoms with Gasteiger partial charge < -0.3 is 48.4 Å². The van der Waals surface area contributed by atoms with E-state index in [-0.39, 0.29) is 47.9 Å². The van der Waals surface area contributed by atoms with Crippen molar-refractivity contribution in [1.82, 2.24) is 30.2 Å². The largest absolute Gasteiger partial charge is 1.00 e. The molecule has 3 aromatic carbocycles. The number of benzene rings is 3. The molecule has 7 aromatic rings. The summed E-state index contributed by atoms with van der Waals surface area (Å²) in [6.45, 7) is 0. The van der Waals surface area contributed by atoms with Gasteiger partial charge in [-0.3, -0.25) is 15.6 Å². The van der Waals surface area contributed by atoms with Crippen molar-refractivity contribution in [3.05, 3.63) is 90.6 Å². The maximum atomic E-state index is 8.33. The molecule has 0 amide bonds. The SMILES string of the molecule is Cl.N#CNC(N)=Nc1ccc2[nH]ccc2c1.N#C[N-]C#N.Nc1ccc2[nH]ccc2c1.Nc1nc(N)c2c(ccc3nccc32)[nH]1.[Na+]. The molecule has 0 aliphatic carbocycles. The number of rotatable bonds is 1. The zero-order valence-corrected chi connectivity index (χ0v) is 27.7. The van der Waals surface area contributed by atoms with E-state index in [0.717, 1.165) is 43.9 Å². The van der Waals surface area contributed by atoms with Crippen molar-refractivity contribution in [2.75, 3.05) is 17.2 Å². The number of aromatic amines is 3. The zero-order chi connectivity index (χ0) is 32.2. The summed E-state index contributed by atoms with van der Waals surface area (Å²) in [5.74, 6) is 0.839. The third kappa shape index (κ3) is 9.92. The van der Waals surface area contributed by atoms with Crippen LogP contribution in [0.5, 0.6) is 0 Å². The Balaban J connectivity index is 0.000000228. The van der Waals surface area contributed by atoms with Crippen molar-refractivity contribution in [2.45, 2.75) is 0 Å². The van der Waals surface area contributed by atoms with E-state index in [9.17, 15) is 0 Å². The summed E-state index contributed by atoms with van der Waals surface area (Å²) in [4.78, 5) is 21.4. The summed E-state index contributed by atoms with van der Waals surface area (Å²) < 4.78 is 0. The number of nitrogens with zero attached hydrogens (tertiary/aromatic N) is 7. The Morgan fingerprint density at radius 2 is 1.47 bits per heavy atom. The van der Waals surface area contributed by atoms with Gasteiger partial charge in [-0.25, -0.2) is 4.99 Å². The van der Waals surface area contributed by atoms with Gasteiger partial charge in [-0.1, -0.05) is 0 Å². The molecule has 0 aliphatic heterocycles. The molecule has 15 nitrogen and oxygen atoms in total. The van der Waals surface area contributed by atoms with E-state index in [1.807, 2.05) is 79.1 Å². The maximum absolute atomic E-state index is 8.33. The molecule has 0 spiro atoms. The Morgan fingerprint density at radius 3 is 2.11 bits per heavy atom. The number of hydrogen-bond acceptors (Lipinski definition) is 9. The minimum Gasteiger partial charge on any atom is -0.399 e. The second kappa shape index (κ2) is 18.0. The molecule has 0 radical (unpaired) electrons. The van der Waals surface area contributed by atoms with Crippen LogP contribution in [0.15, 0.2) is 90.3 Å². The summed E-state index contributed by atoms with van der Waals surface area (Å²) >= 11 is 0. The van der Waals surface area contributed by atoms with Crippen molar-refractivity contribution in [3.63, 3.8) is 0 Å². The van der Waals surface area contributed by atoms with Crippen molar-refractivity contribution in [3.8, 4) is 18.6 Å². The second-order valence-electron chi connectivity index (χ2n) is 8.99. The number of nitrogens with one attached hydrogen (secondary N) is 4. The predicted octanol–water partition coefficient (Wildman–Crippen LogP) is 1.96. The van der Waals surface area contributed by atoms with Gasteiger partial charge in [0.25, 0.3) is 0 Å². The van der Waals surface area contributed by atoms with Crippen molar-refractivity contribution in [2.24, 2.45) is 10.7 Å². The first-order chi connectivity index (χ1) is 21.8. The van der Waals surface area contributed by atoms with E-state index in [4.69, 9.17) is 38.7 Å². The average Bonchev–Trinajstić information content (AvgIpc) is 3.79. The standard InChI is InChI=1S/2C10H9N5.C8H8N2.C2N3.ClH.Na/c11-9-8-5-3-4-13-6(5)1-2-7(8)14-10(12)15-9;11-6-14-10(12)15-8-1-2-9-7(5-8)3-4-13-9;9-7-1-2-8-6(5-7)3-4-10-8;3-1-5-2-4;;/h1-4H,11H2,(H3,12,14,15);1-5,13H,(H3,12,14,15);1-5,10H,9H2;;1H;/q;;;-1;;+1. The molecule has 0 aliphatic rings. The number of hydrogen-bond donors (Lipinski definition) is 8. The van der Waals surface area contributed by atoms with Gasteiger partial charge in [0.2, 0.25) is 5.96 Å². The van der Waals surface area contributed by atoms with Gasteiger partial charge in [-0.2, -0.15) is 10.2 Å². The van der Waals surface area contributed by atoms with E-state index in [2.05, 4.69) is 40.5 Å². The van der Waals surface area contributed by atoms with Crippen LogP contribution in [0.2, 0.25) is 0 Å². The number of fused-ring (bicyclic) bond motifs is 5. The number of aliphatic imine (C=N–C) groups is 1. The Hall–Kier alpha value is -6.15. The van der Waals surface area contributed by atoms with Gasteiger partial charge >= 0.3 is 29.6 Å². The predicted molar refractivity (Wildman–Crippen MR) is 183 cm³/mol. The van der Waals surface area contributed by atoms with Gasteiger partial charge in [0.1, 0.15) is 5.82 Å². The van der Waals surface area contributed by atoms with Crippen LogP contribution in [0.4, 0.5) is 23.1 Å². The van der Waals surface area contributed by atoms with Gasteiger partial charge in [0, 0.05) is 69.2 Å². The van der Waals surface area contributed by atoms with Gasteiger partial charge in [-0.05, 0) is 66.7 Å². The Kier molecular flexibility index (Phi) is 14.2. The molecule has 7 rings (SSSR count). The quantitative estimate of drug-likeness (QED) is 0.0317. The minimum absolute atomic E-state index is 0. The number of anilines is 3. The number of nitriles is 3. The first-order valence-corrected chi connectivity index (χ1v) is 13.0. The van der Waals surface area contributed by atoms with Crippen LogP contribution in [0.1, 0.15) is 0 Å². The molecule has 0 unspecified atom stereocenters. The van der Waals surface area contributed by atoms with Gasteiger partial charge in [0.05, 0.1) is 16.7 Å². The fourth-order valence-electron chi connectivity index (χ4n) is 4.24. The van der Waals surface area contributed by atoms with Crippen LogP contribution >= 0.6 is 12.4 Å². The summed E-state index contributed by atoms with van der Waals surface area (Å²) in [5, 5.41) is 32.1. The number of halogens is 1. The average molecular weight is 656 g/mol. The fraction of sp³-hybridized carbons (Fsp3) is 0. The van der Waals surface area contributed by atoms with Crippen molar-refractivity contribution >= 4 is 85.1 Å². The monoisotopic (exact) mass is 655 g/mol. The van der Waals surface area contributed by atoms with E-state index >= 15 is 0 Å².